The standard InChI is InChI=1S/C19H25N3O2/c23-17-8-4-5-13-22(17)18(16-6-2-1-3-7-16)19(24)21-14-15-9-11-20-12-10-15/h1-3,6-7,9,18,20H,4-5,8,10-14H2,(H,21,24). The first-order valence-corrected chi connectivity index (χ1v) is 8.76. The number of piperidine rings is 1. The fraction of sp³-hybridized carbons (Fsp3) is 0.474. The molecule has 5 nitrogen and oxygen atoms in total. The van der Waals surface area contributed by atoms with Gasteiger partial charge in [0.15, 0.2) is 0 Å². The summed E-state index contributed by atoms with van der Waals surface area (Å²) in [7, 11) is 0. The van der Waals surface area contributed by atoms with E-state index in [2.05, 4.69) is 16.7 Å². The second kappa shape index (κ2) is 8.11. The van der Waals surface area contributed by atoms with Crippen molar-refractivity contribution in [1.29, 1.82) is 0 Å². The van der Waals surface area contributed by atoms with Crippen LogP contribution in [-0.2, 0) is 9.59 Å². The summed E-state index contributed by atoms with van der Waals surface area (Å²) in [6.07, 6.45) is 5.50. The predicted octanol–water partition coefficient (Wildman–Crippen LogP) is 1.78. The van der Waals surface area contributed by atoms with Crippen molar-refractivity contribution in [2.24, 2.45) is 0 Å². The van der Waals surface area contributed by atoms with Gasteiger partial charge in [-0.05, 0) is 31.4 Å². The largest absolute Gasteiger partial charge is 0.350 e. The van der Waals surface area contributed by atoms with Crippen molar-refractivity contribution in [2.45, 2.75) is 31.7 Å². The molecule has 2 amide bonds. The van der Waals surface area contributed by atoms with Crippen LogP contribution in [-0.4, -0.2) is 42.9 Å². The summed E-state index contributed by atoms with van der Waals surface area (Å²) in [5, 5.41) is 6.31. The van der Waals surface area contributed by atoms with E-state index in [4.69, 9.17) is 0 Å². The van der Waals surface area contributed by atoms with Crippen LogP contribution in [0.2, 0.25) is 0 Å². The van der Waals surface area contributed by atoms with Gasteiger partial charge in [-0.25, -0.2) is 0 Å². The highest BCUT2D eigenvalue weighted by atomic mass is 16.2. The Kier molecular flexibility index (Phi) is 5.64. The van der Waals surface area contributed by atoms with E-state index in [1.807, 2.05) is 30.3 Å². The minimum Gasteiger partial charge on any atom is -0.350 e. The topological polar surface area (TPSA) is 61.4 Å². The molecule has 2 aliphatic heterocycles. The number of hydrogen-bond acceptors (Lipinski definition) is 3. The fourth-order valence-electron chi connectivity index (χ4n) is 3.34. The van der Waals surface area contributed by atoms with E-state index >= 15 is 0 Å². The molecule has 1 aromatic carbocycles. The lowest BCUT2D eigenvalue weighted by Gasteiger charge is -2.34. The maximum absolute atomic E-state index is 12.9. The molecule has 0 aliphatic carbocycles. The van der Waals surface area contributed by atoms with Gasteiger partial charge in [0, 0.05) is 26.1 Å². The minimum absolute atomic E-state index is 0.0753. The first-order valence-electron chi connectivity index (χ1n) is 8.76. The SMILES string of the molecule is O=C(NCC1=CCNCC1)C(c1ccccc1)N1CCCCC1=O. The van der Waals surface area contributed by atoms with Crippen LogP contribution in [0, 0.1) is 0 Å². The lowest BCUT2D eigenvalue weighted by atomic mass is 10.00. The highest BCUT2D eigenvalue weighted by Crippen LogP contribution is 2.25. The maximum Gasteiger partial charge on any atom is 0.247 e. The van der Waals surface area contributed by atoms with E-state index in [0.29, 0.717) is 19.5 Å². The van der Waals surface area contributed by atoms with Gasteiger partial charge in [0.05, 0.1) is 0 Å². The lowest BCUT2D eigenvalue weighted by Crippen LogP contribution is -2.46. The summed E-state index contributed by atoms with van der Waals surface area (Å²) in [5.41, 5.74) is 2.13. The number of nitrogens with one attached hydrogen (secondary N) is 2. The molecule has 5 heteroatoms. The highest BCUT2D eigenvalue weighted by molar-refractivity contribution is 5.89. The van der Waals surface area contributed by atoms with Gasteiger partial charge >= 0.3 is 0 Å². The second-order valence-corrected chi connectivity index (χ2v) is 6.39. The Hall–Kier alpha value is -2.14. The molecule has 1 aromatic rings. The summed E-state index contributed by atoms with van der Waals surface area (Å²) in [5.74, 6) is -0.0118. The van der Waals surface area contributed by atoms with Crippen molar-refractivity contribution in [3.8, 4) is 0 Å². The Morgan fingerprint density at radius 2 is 2.04 bits per heavy atom. The molecule has 2 aliphatic rings. The Labute approximate surface area is 143 Å². The van der Waals surface area contributed by atoms with Crippen LogP contribution in [0.15, 0.2) is 42.0 Å². The van der Waals surface area contributed by atoms with Crippen LogP contribution in [0.5, 0.6) is 0 Å². The maximum atomic E-state index is 12.9. The molecule has 0 aromatic heterocycles. The van der Waals surface area contributed by atoms with E-state index in [1.165, 1.54) is 5.57 Å². The zero-order chi connectivity index (χ0) is 16.8. The molecule has 128 valence electrons. The average Bonchev–Trinajstić information content (AvgIpc) is 2.64. The third kappa shape index (κ3) is 4.03. The van der Waals surface area contributed by atoms with Crippen LogP contribution in [0.4, 0.5) is 0 Å². The van der Waals surface area contributed by atoms with Gasteiger partial charge in [0.25, 0.3) is 0 Å². The molecule has 1 fully saturated rings. The van der Waals surface area contributed by atoms with Gasteiger partial charge in [0.1, 0.15) is 6.04 Å². The van der Waals surface area contributed by atoms with Crippen LogP contribution >= 0.6 is 0 Å². The van der Waals surface area contributed by atoms with Crippen molar-refractivity contribution in [3.05, 3.63) is 47.5 Å². The highest BCUT2D eigenvalue weighted by Gasteiger charge is 2.32. The van der Waals surface area contributed by atoms with Gasteiger partial charge < -0.3 is 15.5 Å². The zero-order valence-corrected chi connectivity index (χ0v) is 14.0. The average molecular weight is 327 g/mol. The number of amides is 2. The van der Waals surface area contributed by atoms with Crippen LogP contribution in [0.25, 0.3) is 0 Å². The van der Waals surface area contributed by atoms with E-state index in [1.54, 1.807) is 4.90 Å². The molecule has 1 unspecified atom stereocenters. The van der Waals surface area contributed by atoms with Gasteiger partial charge in [-0.3, -0.25) is 9.59 Å². The van der Waals surface area contributed by atoms with E-state index in [9.17, 15) is 9.59 Å². The quantitative estimate of drug-likeness (QED) is 0.811. The summed E-state index contributed by atoms with van der Waals surface area (Å²) < 4.78 is 0. The molecular formula is C19H25N3O2. The predicted molar refractivity (Wildman–Crippen MR) is 93.3 cm³/mol. The van der Waals surface area contributed by atoms with E-state index < -0.39 is 6.04 Å². The Bertz CT molecular complexity index is 612. The monoisotopic (exact) mass is 327 g/mol. The molecule has 0 radical (unpaired) electrons. The number of benzene rings is 1. The van der Waals surface area contributed by atoms with Gasteiger partial charge in [-0.15, -0.1) is 0 Å². The number of rotatable bonds is 5. The molecule has 1 atom stereocenters. The molecule has 0 bridgehead atoms. The Morgan fingerprint density at radius 3 is 2.75 bits per heavy atom. The number of nitrogens with zero attached hydrogens (tertiary/aromatic N) is 1. The fourth-order valence-corrected chi connectivity index (χ4v) is 3.34. The summed E-state index contributed by atoms with van der Waals surface area (Å²) in [4.78, 5) is 27.0. The van der Waals surface area contributed by atoms with Gasteiger partial charge in [0.2, 0.25) is 11.8 Å². The van der Waals surface area contributed by atoms with Gasteiger partial charge in [-0.2, -0.15) is 0 Å². The smallest absolute Gasteiger partial charge is 0.247 e. The van der Waals surface area contributed by atoms with Crippen molar-refractivity contribution in [3.63, 3.8) is 0 Å². The lowest BCUT2D eigenvalue weighted by molar-refractivity contribution is -0.142. The molecule has 2 heterocycles. The Morgan fingerprint density at radius 1 is 1.21 bits per heavy atom. The van der Waals surface area contributed by atoms with Crippen molar-refractivity contribution in [1.82, 2.24) is 15.5 Å². The molecule has 1 saturated heterocycles. The first-order chi connectivity index (χ1) is 11.8. The molecule has 0 saturated carbocycles. The van der Waals surface area contributed by atoms with Crippen LogP contribution in [0.3, 0.4) is 0 Å². The van der Waals surface area contributed by atoms with Crippen LogP contribution < -0.4 is 10.6 Å². The summed E-state index contributed by atoms with van der Waals surface area (Å²) >= 11 is 0. The molecular weight excluding hydrogens is 302 g/mol. The number of carbonyl (C=O) groups excluding carboxylic acids is 2. The summed E-state index contributed by atoms with van der Waals surface area (Å²) in [6, 6.07) is 9.09. The number of hydrogen-bond donors (Lipinski definition) is 2. The van der Waals surface area contributed by atoms with Gasteiger partial charge in [-0.1, -0.05) is 42.0 Å². The van der Waals surface area contributed by atoms with Crippen molar-refractivity contribution in [2.75, 3.05) is 26.2 Å². The third-order valence-corrected chi connectivity index (χ3v) is 4.68. The molecule has 0 spiro atoms. The summed E-state index contributed by atoms with van der Waals surface area (Å²) in [6.45, 7) is 3.02. The van der Waals surface area contributed by atoms with E-state index in [-0.39, 0.29) is 11.8 Å². The number of carbonyl (C=O) groups is 2. The van der Waals surface area contributed by atoms with Crippen molar-refractivity contribution < 1.29 is 9.59 Å². The van der Waals surface area contributed by atoms with Crippen LogP contribution in [0.1, 0.15) is 37.3 Å². The number of likely N-dealkylation sites (tertiary alicyclic amines) is 1. The first kappa shape index (κ1) is 16.7. The van der Waals surface area contributed by atoms with Crippen molar-refractivity contribution >= 4 is 11.8 Å². The molecule has 2 N–H and O–H groups in total. The Balaban J connectivity index is 1.74. The minimum atomic E-state index is -0.527. The molecule has 3 rings (SSSR count). The third-order valence-electron chi connectivity index (χ3n) is 4.68. The van der Waals surface area contributed by atoms with E-state index in [0.717, 1.165) is 37.9 Å². The zero-order valence-electron chi connectivity index (χ0n) is 14.0. The molecule has 24 heavy (non-hydrogen) atoms. The second-order valence-electron chi connectivity index (χ2n) is 6.39. The normalized spacial score (nSPS) is 19.6.